The van der Waals surface area contributed by atoms with E-state index in [9.17, 15) is 15.3 Å². The van der Waals surface area contributed by atoms with Crippen LogP contribution in [-0.2, 0) is 0 Å². The molecule has 0 saturated carbocycles. The van der Waals surface area contributed by atoms with Crippen molar-refractivity contribution in [1.82, 2.24) is 5.32 Å². The molecule has 0 aromatic rings. The van der Waals surface area contributed by atoms with Crippen LogP contribution in [0.1, 0.15) is 0 Å². The van der Waals surface area contributed by atoms with E-state index in [-0.39, 0.29) is 13.2 Å². The Morgan fingerprint density at radius 1 is 1.31 bits per heavy atom. The average molecular weight is 193 g/mol. The Bertz CT molecular complexity index is 178. The first kappa shape index (κ1) is 10.8. The zero-order valence-electron chi connectivity index (χ0n) is 7.09. The van der Waals surface area contributed by atoms with E-state index < -0.39 is 30.5 Å². The van der Waals surface area contributed by atoms with Gasteiger partial charge in [0.1, 0.15) is 17.8 Å². The summed E-state index contributed by atoms with van der Waals surface area (Å²) in [5, 5.41) is 48.4. The summed E-state index contributed by atoms with van der Waals surface area (Å²) in [5.74, 6) is 0. The van der Waals surface area contributed by atoms with Crippen molar-refractivity contribution in [3.8, 4) is 0 Å². The lowest BCUT2D eigenvalue weighted by Crippen LogP contribution is -2.68. The molecular formula is C7H15NO5. The van der Waals surface area contributed by atoms with E-state index in [0.717, 1.165) is 0 Å². The molecule has 0 aromatic heterocycles. The molecule has 0 bridgehead atoms. The highest BCUT2D eigenvalue weighted by Gasteiger charge is 2.46. The first-order chi connectivity index (χ1) is 6.05. The van der Waals surface area contributed by atoms with Crippen LogP contribution in [0.15, 0.2) is 0 Å². The van der Waals surface area contributed by atoms with Crippen LogP contribution in [0.3, 0.4) is 0 Å². The first-order valence-corrected chi connectivity index (χ1v) is 4.09. The quantitative estimate of drug-likeness (QED) is 0.270. The maximum Gasteiger partial charge on any atom is 0.128 e. The third-order valence-corrected chi connectivity index (χ3v) is 2.43. The molecule has 0 aliphatic carbocycles. The molecule has 4 atom stereocenters. The maximum absolute atomic E-state index is 9.53. The predicted molar refractivity (Wildman–Crippen MR) is 42.9 cm³/mol. The van der Waals surface area contributed by atoms with Crippen molar-refractivity contribution in [1.29, 1.82) is 0 Å². The lowest BCUT2D eigenvalue weighted by atomic mass is 9.86. The average Bonchev–Trinajstić information content (AvgIpc) is 2.15. The van der Waals surface area contributed by atoms with Crippen LogP contribution in [0.2, 0.25) is 0 Å². The lowest BCUT2D eigenvalue weighted by Gasteiger charge is -2.42. The fourth-order valence-corrected chi connectivity index (χ4v) is 1.39. The van der Waals surface area contributed by atoms with E-state index in [1.807, 2.05) is 0 Å². The van der Waals surface area contributed by atoms with E-state index in [4.69, 9.17) is 10.2 Å². The molecule has 6 nitrogen and oxygen atoms in total. The monoisotopic (exact) mass is 193 g/mol. The molecule has 0 radical (unpaired) electrons. The molecule has 0 spiro atoms. The number of rotatable bonds is 2. The van der Waals surface area contributed by atoms with Crippen molar-refractivity contribution in [3.63, 3.8) is 0 Å². The molecule has 1 heterocycles. The Kier molecular flexibility index (Phi) is 3.23. The summed E-state index contributed by atoms with van der Waals surface area (Å²) in [5.41, 5.74) is -1.73. The summed E-state index contributed by atoms with van der Waals surface area (Å²) in [4.78, 5) is 0. The highest BCUT2D eigenvalue weighted by Crippen LogP contribution is 2.19. The van der Waals surface area contributed by atoms with Gasteiger partial charge in [0.05, 0.1) is 19.3 Å². The fourth-order valence-electron chi connectivity index (χ4n) is 1.39. The number of piperidine rings is 1. The van der Waals surface area contributed by atoms with Gasteiger partial charge in [-0.3, -0.25) is 0 Å². The van der Waals surface area contributed by atoms with Gasteiger partial charge in [-0.2, -0.15) is 0 Å². The minimum Gasteiger partial charge on any atom is -0.395 e. The summed E-state index contributed by atoms with van der Waals surface area (Å²) >= 11 is 0. The Hall–Kier alpha value is -0.240. The normalized spacial score (nSPS) is 46.4. The van der Waals surface area contributed by atoms with E-state index in [1.165, 1.54) is 0 Å². The zero-order valence-corrected chi connectivity index (χ0v) is 7.09. The van der Waals surface area contributed by atoms with E-state index in [2.05, 4.69) is 5.32 Å². The van der Waals surface area contributed by atoms with Crippen LogP contribution >= 0.6 is 0 Å². The summed E-state index contributed by atoms with van der Waals surface area (Å²) in [6, 6.07) is -0.665. The van der Waals surface area contributed by atoms with Gasteiger partial charge in [-0.05, 0) is 0 Å². The van der Waals surface area contributed by atoms with Gasteiger partial charge in [-0.15, -0.1) is 0 Å². The van der Waals surface area contributed by atoms with E-state index >= 15 is 0 Å². The van der Waals surface area contributed by atoms with Crippen LogP contribution < -0.4 is 5.32 Å². The number of nitrogens with one attached hydrogen (secondary N) is 1. The van der Waals surface area contributed by atoms with Crippen molar-refractivity contribution >= 4 is 0 Å². The van der Waals surface area contributed by atoms with Gasteiger partial charge in [0, 0.05) is 6.54 Å². The van der Waals surface area contributed by atoms with Gasteiger partial charge in [0.25, 0.3) is 0 Å². The van der Waals surface area contributed by atoms with Crippen molar-refractivity contribution in [3.05, 3.63) is 0 Å². The SMILES string of the molecule is OC[C@@H]1NC[C@](O)(CO)[C@@H](O)[C@H]1O. The third-order valence-electron chi connectivity index (χ3n) is 2.43. The standard InChI is InChI=1S/C7H15NO5/c9-1-4-5(11)6(12)7(13,3-10)2-8-4/h4-6,8-13H,1-3H2/t4-,5-,6-,7-/m0/s1. The molecule has 6 heteroatoms. The Labute approximate surface area is 75.4 Å². The van der Waals surface area contributed by atoms with Crippen LogP contribution in [0.5, 0.6) is 0 Å². The van der Waals surface area contributed by atoms with E-state index in [1.54, 1.807) is 0 Å². The van der Waals surface area contributed by atoms with Gasteiger partial charge in [0.15, 0.2) is 0 Å². The molecule has 13 heavy (non-hydrogen) atoms. The lowest BCUT2D eigenvalue weighted by molar-refractivity contribution is -0.174. The third kappa shape index (κ3) is 1.83. The van der Waals surface area contributed by atoms with Crippen molar-refractivity contribution < 1.29 is 25.5 Å². The summed E-state index contributed by atoms with van der Waals surface area (Å²) in [7, 11) is 0. The minimum absolute atomic E-state index is 0.0625. The highest BCUT2D eigenvalue weighted by atomic mass is 16.4. The van der Waals surface area contributed by atoms with Gasteiger partial charge < -0.3 is 30.8 Å². The van der Waals surface area contributed by atoms with Gasteiger partial charge in [-0.1, -0.05) is 0 Å². The smallest absolute Gasteiger partial charge is 0.128 e. The topological polar surface area (TPSA) is 113 Å². The van der Waals surface area contributed by atoms with E-state index in [0.29, 0.717) is 0 Å². The highest BCUT2D eigenvalue weighted by molar-refractivity contribution is 5.01. The predicted octanol–water partition coefficient (Wildman–Crippen LogP) is -3.60. The molecule has 1 fully saturated rings. The zero-order chi connectivity index (χ0) is 10.1. The van der Waals surface area contributed by atoms with Gasteiger partial charge >= 0.3 is 0 Å². The number of hydrogen-bond donors (Lipinski definition) is 6. The molecule has 6 N–H and O–H groups in total. The molecule has 0 amide bonds. The second-order valence-electron chi connectivity index (χ2n) is 3.37. The second kappa shape index (κ2) is 3.87. The molecule has 1 rings (SSSR count). The molecule has 0 aromatic carbocycles. The fraction of sp³-hybridized carbons (Fsp3) is 1.00. The first-order valence-electron chi connectivity index (χ1n) is 4.09. The maximum atomic E-state index is 9.53. The summed E-state index contributed by atoms with van der Waals surface area (Å²) < 4.78 is 0. The number of hydrogen-bond acceptors (Lipinski definition) is 6. The van der Waals surface area contributed by atoms with Crippen LogP contribution in [0, 0.1) is 0 Å². The number of β-amino-alcohol motifs (C(OH)–C–C–N with tert-alkyl or cyclic N) is 1. The Morgan fingerprint density at radius 3 is 2.38 bits per heavy atom. The van der Waals surface area contributed by atoms with Gasteiger partial charge in [0.2, 0.25) is 0 Å². The minimum atomic E-state index is -1.73. The second-order valence-corrected chi connectivity index (χ2v) is 3.37. The molecule has 0 unspecified atom stereocenters. The van der Waals surface area contributed by atoms with Crippen molar-refractivity contribution in [2.45, 2.75) is 23.9 Å². The number of aliphatic hydroxyl groups is 5. The Morgan fingerprint density at radius 2 is 1.92 bits per heavy atom. The van der Waals surface area contributed by atoms with Crippen LogP contribution in [0.4, 0.5) is 0 Å². The summed E-state index contributed by atoms with van der Waals surface area (Å²) in [6.07, 6.45) is -2.73. The van der Waals surface area contributed by atoms with Crippen molar-refractivity contribution in [2.24, 2.45) is 0 Å². The molecular weight excluding hydrogens is 178 g/mol. The van der Waals surface area contributed by atoms with Crippen LogP contribution in [0.25, 0.3) is 0 Å². The van der Waals surface area contributed by atoms with Crippen LogP contribution in [-0.4, -0.2) is 69.1 Å². The van der Waals surface area contributed by atoms with Gasteiger partial charge in [-0.25, -0.2) is 0 Å². The van der Waals surface area contributed by atoms with Crippen molar-refractivity contribution in [2.75, 3.05) is 19.8 Å². The molecule has 1 aliphatic heterocycles. The summed E-state index contributed by atoms with van der Waals surface area (Å²) in [6.45, 7) is -1.04. The number of aliphatic hydroxyl groups excluding tert-OH is 4. The Balaban J connectivity index is 2.69. The molecule has 78 valence electrons. The molecule has 1 saturated heterocycles. The molecule has 1 aliphatic rings. The largest absolute Gasteiger partial charge is 0.395 e.